The summed E-state index contributed by atoms with van der Waals surface area (Å²) < 4.78 is 46.1. The summed E-state index contributed by atoms with van der Waals surface area (Å²) in [5, 5.41) is 4.05. The van der Waals surface area contributed by atoms with E-state index in [2.05, 4.69) is 5.32 Å². The monoisotopic (exact) mass is 463 g/mol. The predicted octanol–water partition coefficient (Wildman–Crippen LogP) is 4.09. The lowest BCUT2D eigenvalue weighted by molar-refractivity contribution is -0.137. The van der Waals surface area contributed by atoms with Crippen LogP contribution in [0.2, 0.25) is 0 Å². The van der Waals surface area contributed by atoms with Gasteiger partial charge in [0.05, 0.1) is 22.6 Å². The molecule has 0 radical (unpaired) electrons. The number of rotatable bonds is 4. The quantitative estimate of drug-likeness (QED) is 0.591. The number of halogens is 3. The van der Waals surface area contributed by atoms with Gasteiger partial charge in [0.25, 0.3) is 5.91 Å². The number of aromatic nitrogens is 1. The number of ether oxygens (including phenoxy) is 1. The van der Waals surface area contributed by atoms with Crippen LogP contribution in [0.5, 0.6) is 0 Å². The molecule has 2 amide bonds. The number of anilines is 2. The van der Waals surface area contributed by atoms with Crippen LogP contribution in [-0.2, 0) is 20.5 Å². The summed E-state index contributed by atoms with van der Waals surface area (Å²) >= 11 is 1.15. The Morgan fingerprint density at radius 2 is 1.88 bits per heavy atom. The Bertz CT molecular complexity index is 1190. The molecule has 2 aromatic heterocycles. The lowest BCUT2D eigenvalue weighted by atomic mass is 10.1. The molecule has 1 aliphatic rings. The van der Waals surface area contributed by atoms with Crippen molar-refractivity contribution in [3.05, 3.63) is 64.6 Å². The zero-order chi connectivity index (χ0) is 23.0. The third-order valence-electron chi connectivity index (χ3n) is 4.80. The average Bonchev–Trinajstić information content (AvgIpc) is 3.42. The third-order valence-corrected chi connectivity index (χ3v) is 5.68. The molecular weight excluding hydrogens is 447 g/mol. The summed E-state index contributed by atoms with van der Waals surface area (Å²) in [6.45, 7) is 0.937. The highest BCUT2D eigenvalue weighted by molar-refractivity contribution is 7.12. The molecule has 1 aromatic carbocycles. The molecule has 1 atom stereocenters. The molecule has 11 heteroatoms. The molecule has 0 aliphatic carbocycles. The van der Waals surface area contributed by atoms with Crippen molar-refractivity contribution in [2.24, 2.45) is 0 Å². The van der Waals surface area contributed by atoms with Crippen molar-refractivity contribution < 1.29 is 32.3 Å². The molecule has 166 valence electrons. The number of nitrogens with zero attached hydrogens (tertiary/aromatic N) is 2. The largest absolute Gasteiger partial charge is 0.448 e. The van der Waals surface area contributed by atoms with E-state index in [9.17, 15) is 27.6 Å². The van der Waals surface area contributed by atoms with Crippen LogP contribution in [0.1, 0.15) is 22.2 Å². The number of thiophene rings is 1. The Morgan fingerprint density at radius 1 is 1.16 bits per heavy atom. The molecular formula is C21H16F3N3O4S. The normalized spacial score (nSPS) is 14.5. The maximum atomic E-state index is 13.0. The number of esters is 1. The smallest absolute Gasteiger partial charge is 0.416 e. The molecule has 1 N–H and O–H groups in total. The van der Waals surface area contributed by atoms with Gasteiger partial charge in [0, 0.05) is 12.4 Å². The molecule has 32 heavy (non-hydrogen) atoms. The number of hydrogen-bond donors (Lipinski definition) is 1. The highest BCUT2D eigenvalue weighted by Gasteiger charge is 2.36. The van der Waals surface area contributed by atoms with E-state index >= 15 is 0 Å². The summed E-state index contributed by atoms with van der Waals surface area (Å²) in [6.07, 6.45) is -2.37. The van der Waals surface area contributed by atoms with Gasteiger partial charge in [-0.1, -0.05) is 0 Å². The Balaban J connectivity index is 1.55. The van der Waals surface area contributed by atoms with Crippen molar-refractivity contribution >= 4 is 40.5 Å². The second-order valence-electron chi connectivity index (χ2n) is 6.98. The minimum Gasteiger partial charge on any atom is -0.448 e. The van der Waals surface area contributed by atoms with Crippen LogP contribution >= 0.6 is 11.3 Å². The first-order valence-electron chi connectivity index (χ1n) is 9.39. The first kappa shape index (κ1) is 21.6. The van der Waals surface area contributed by atoms with Crippen molar-refractivity contribution in [2.75, 3.05) is 16.8 Å². The maximum absolute atomic E-state index is 13.0. The second-order valence-corrected chi connectivity index (χ2v) is 7.89. The van der Waals surface area contributed by atoms with Crippen molar-refractivity contribution in [2.45, 2.75) is 19.2 Å². The van der Waals surface area contributed by atoms with Gasteiger partial charge in [0.2, 0.25) is 5.91 Å². The van der Waals surface area contributed by atoms with Crippen LogP contribution in [0, 0.1) is 0 Å². The first-order valence-corrected chi connectivity index (χ1v) is 10.3. The molecule has 7 nitrogen and oxygen atoms in total. The van der Waals surface area contributed by atoms with Gasteiger partial charge in [-0.2, -0.15) is 13.2 Å². The van der Waals surface area contributed by atoms with E-state index in [4.69, 9.17) is 4.74 Å². The van der Waals surface area contributed by atoms with Gasteiger partial charge in [-0.05, 0) is 48.7 Å². The molecule has 0 fully saturated rings. The number of amides is 2. The van der Waals surface area contributed by atoms with Crippen LogP contribution in [0.25, 0.3) is 5.69 Å². The average molecular weight is 463 g/mol. The Morgan fingerprint density at radius 3 is 2.56 bits per heavy atom. The standard InChI is InChI=1S/C21H16F3N3O4S/c1-12(31-20(30)18-16(6-9-32-18)26-7-2-3-8-26)19(29)27-11-17(28)25-14-10-13(21(22,23)24)4-5-15(14)27/h2-10,12H,11H2,1H3,(H,25,28)/t12-/m0/s1. The fraction of sp³-hybridized carbons (Fsp3) is 0.190. The van der Waals surface area contributed by atoms with Crippen LogP contribution in [0.4, 0.5) is 24.5 Å². The predicted molar refractivity (Wildman–Crippen MR) is 111 cm³/mol. The van der Waals surface area contributed by atoms with Gasteiger partial charge < -0.3 is 14.6 Å². The number of fused-ring (bicyclic) bond motifs is 1. The molecule has 0 saturated carbocycles. The van der Waals surface area contributed by atoms with Crippen LogP contribution < -0.4 is 10.2 Å². The Kier molecular flexibility index (Phi) is 5.51. The van der Waals surface area contributed by atoms with Crippen LogP contribution in [0.15, 0.2) is 54.2 Å². The van der Waals surface area contributed by atoms with Crippen molar-refractivity contribution in [1.82, 2.24) is 4.57 Å². The van der Waals surface area contributed by atoms with Gasteiger partial charge in [0.15, 0.2) is 6.10 Å². The fourth-order valence-electron chi connectivity index (χ4n) is 3.30. The fourth-order valence-corrected chi connectivity index (χ4v) is 4.07. The zero-order valence-corrected chi connectivity index (χ0v) is 17.4. The number of carbonyl (C=O) groups is 3. The van der Waals surface area contributed by atoms with Gasteiger partial charge >= 0.3 is 12.1 Å². The SMILES string of the molecule is C[C@H](OC(=O)c1sccc1-n1cccc1)C(=O)N1CC(=O)Nc2cc(C(F)(F)F)ccc21. The van der Waals surface area contributed by atoms with Crippen LogP contribution in [0.3, 0.4) is 0 Å². The van der Waals surface area contributed by atoms with Crippen molar-refractivity contribution in [1.29, 1.82) is 0 Å². The summed E-state index contributed by atoms with van der Waals surface area (Å²) in [5.41, 5.74) is -0.418. The summed E-state index contributed by atoms with van der Waals surface area (Å²) in [4.78, 5) is 38.9. The van der Waals surface area contributed by atoms with Crippen LogP contribution in [-0.4, -0.2) is 35.0 Å². The topological polar surface area (TPSA) is 80.6 Å². The number of benzene rings is 1. The van der Waals surface area contributed by atoms with Gasteiger partial charge in [0.1, 0.15) is 11.4 Å². The highest BCUT2D eigenvalue weighted by atomic mass is 32.1. The molecule has 0 spiro atoms. The molecule has 1 aliphatic heterocycles. The van der Waals surface area contributed by atoms with E-state index in [1.807, 2.05) is 0 Å². The minimum atomic E-state index is -4.60. The Labute approximate surface area is 184 Å². The number of nitrogens with one attached hydrogen (secondary N) is 1. The molecule has 0 unspecified atom stereocenters. The van der Waals surface area contributed by atoms with Gasteiger partial charge in [-0.15, -0.1) is 11.3 Å². The number of alkyl halides is 3. The second kappa shape index (κ2) is 8.15. The summed E-state index contributed by atoms with van der Waals surface area (Å²) in [6, 6.07) is 8.01. The lowest BCUT2D eigenvalue weighted by Crippen LogP contribution is -2.47. The number of carbonyl (C=O) groups excluding carboxylic acids is 3. The number of hydrogen-bond acceptors (Lipinski definition) is 5. The maximum Gasteiger partial charge on any atom is 0.416 e. The van der Waals surface area contributed by atoms with Crippen molar-refractivity contribution in [3.8, 4) is 5.69 Å². The van der Waals surface area contributed by atoms with E-state index in [-0.39, 0.29) is 16.3 Å². The lowest BCUT2D eigenvalue weighted by Gasteiger charge is -2.31. The third kappa shape index (κ3) is 4.11. The molecule has 0 bridgehead atoms. The Hall–Kier alpha value is -3.60. The van der Waals surface area contributed by atoms with E-state index < -0.39 is 42.2 Å². The van der Waals surface area contributed by atoms with Crippen molar-refractivity contribution in [3.63, 3.8) is 0 Å². The minimum absolute atomic E-state index is 0.0923. The molecule has 0 saturated heterocycles. The highest BCUT2D eigenvalue weighted by Crippen LogP contribution is 2.37. The molecule has 3 aromatic rings. The van der Waals surface area contributed by atoms with E-state index in [1.54, 1.807) is 40.5 Å². The van der Waals surface area contributed by atoms with E-state index in [1.165, 1.54) is 6.92 Å². The molecule has 3 heterocycles. The van der Waals surface area contributed by atoms with Gasteiger partial charge in [-0.25, -0.2) is 4.79 Å². The molecule has 4 rings (SSSR count). The van der Waals surface area contributed by atoms with Gasteiger partial charge in [-0.3, -0.25) is 14.5 Å². The van der Waals surface area contributed by atoms with E-state index in [0.29, 0.717) is 5.69 Å². The summed E-state index contributed by atoms with van der Waals surface area (Å²) in [5.74, 6) is -2.11. The zero-order valence-electron chi connectivity index (χ0n) is 16.6. The first-order chi connectivity index (χ1) is 15.1. The summed E-state index contributed by atoms with van der Waals surface area (Å²) in [7, 11) is 0. The van der Waals surface area contributed by atoms with E-state index in [0.717, 1.165) is 34.4 Å².